The zero-order valence-corrected chi connectivity index (χ0v) is 19.8. The second-order valence-electron chi connectivity index (χ2n) is 7.50. The molecule has 0 aliphatic carbocycles. The number of esters is 1. The summed E-state index contributed by atoms with van der Waals surface area (Å²) in [5, 5.41) is 8.15. The van der Waals surface area contributed by atoms with Gasteiger partial charge in [0.15, 0.2) is 6.61 Å². The van der Waals surface area contributed by atoms with Crippen LogP contribution in [0.5, 0.6) is 5.75 Å². The second-order valence-corrected chi connectivity index (χ2v) is 7.90. The molecule has 0 saturated heterocycles. The van der Waals surface area contributed by atoms with Crippen LogP contribution in [0, 0.1) is 20.8 Å². The molecule has 2 aromatic carbocycles. The van der Waals surface area contributed by atoms with Crippen molar-refractivity contribution in [3.05, 3.63) is 81.6 Å². The highest BCUT2D eigenvalue weighted by atomic mass is 35.5. The van der Waals surface area contributed by atoms with E-state index < -0.39 is 5.97 Å². The van der Waals surface area contributed by atoms with E-state index in [1.807, 2.05) is 49.7 Å². The molecule has 7 nitrogen and oxygen atoms in total. The predicted octanol–water partition coefficient (Wildman–Crippen LogP) is 4.71. The van der Waals surface area contributed by atoms with E-state index in [2.05, 4.69) is 15.2 Å². The van der Waals surface area contributed by atoms with Gasteiger partial charge in [0.25, 0.3) is 0 Å². The van der Waals surface area contributed by atoms with Gasteiger partial charge >= 0.3 is 5.97 Å². The molecule has 172 valence electrons. The maximum atomic E-state index is 12.5. The van der Waals surface area contributed by atoms with E-state index >= 15 is 0 Å². The van der Waals surface area contributed by atoms with Crippen LogP contribution in [0.2, 0.25) is 5.02 Å². The first-order valence-electron chi connectivity index (χ1n) is 10.3. The van der Waals surface area contributed by atoms with Crippen LogP contribution < -0.4 is 10.1 Å². The lowest BCUT2D eigenvalue weighted by Crippen LogP contribution is -2.13. The average molecular weight is 468 g/mol. The topological polar surface area (TPSA) is 82.4 Å². The summed E-state index contributed by atoms with van der Waals surface area (Å²) in [7, 11) is 1.30. The minimum absolute atomic E-state index is 0.173. The summed E-state index contributed by atoms with van der Waals surface area (Å²) in [5.41, 5.74) is 5.09. The smallest absolute Gasteiger partial charge is 0.343 e. The summed E-state index contributed by atoms with van der Waals surface area (Å²) < 4.78 is 11.8. The molecular formula is C25H26ClN3O4. The molecule has 1 aromatic heterocycles. The van der Waals surface area contributed by atoms with Gasteiger partial charge in [0.1, 0.15) is 5.75 Å². The molecule has 0 radical (unpaired) electrons. The van der Waals surface area contributed by atoms with Crippen molar-refractivity contribution < 1.29 is 19.1 Å². The normalized spacial score (nSPS) is 10.9. The van der Waals surface area contributed by atoms with Gasteiger partial charge in [-0.2, -0.15) is 5.10 Å². The van der Waals surface area contributed by atoms with Crippen LogP contribution in [0.1, 0.15) is 28.1 Å². The van der Waals surface area contributed by atoms with Crippen LogP contribution >= 0.6 is 11.6 Å². The molecule has 33 heavy (non-hydrogen) atoms. The van der Waals surface area contributed by atoms with Crippen molar-refractivity contribution in [2.45, 2.75) is 27.3 Å². The number of anilines is 1. The Morgan fingerprint density at radius 1 is 1.15 bits per heavy atom. The number of amides is 1. The van der Waals surface area contributed by atoms with Crippen LogP contribution in [0.4, 0.5) is 5.69 Å². The van der Waals surface area contributed by atoms with E-state index in [9.17, 15) is 9.59 Å². The van der Waals surface area contributed by atoms with Crippen molar-refractivity contribution in [1.29, 1.82) is 0 Å². The zero-order chi connectivity index (χ0) is 24.0. The van der Waals surface area contributed by atoms with E-state index in [1.54, 1.807) is 24.3 Å². The zero-order valence-electron chi connectivity index (χ0n) is 19.0. The predicted molar refractivity (Wildman–Crippen MR) is 129 cm³/mol. The Balaban J connectivity index is 1.67. The molecule has 3 rings (SSSR count). The Morgan fingerprint density at radius 3 is 2.61 bits per heavy atom. The molecule has 0 unspecified atom stereocenters. The van der Waals surface area contributed by atoms with Gasteiger partial charge in [0.05, 0.1) is 19.3 Å². The van der Waals surface area contributed by atoms with Crippen LogP contribution in [0.3, 0.4) is 0 Å². The Kier molecular flexibility index (Phi) is 7.90. The molecule has 0 bridgehead atoms. The Hall–Kier alpha value is -3.58. The van der Waals surface area contributed by atoms with E-state index in [0.717, 1.165) is 28.1 Å². The highest BCUT2D eigenvalue weighted by Crippen LogP contribution is 2.23. The third-order valence-corrected chi connectivity index (χ3v) is 5.53. The molecule has 0 aliphatic rings. The third-order valence-electron chi connectivity index (χ3n) is 5.16. The summed E-state index contributed by atoms with van der Waals surface area (Å²) in [6, 6.07) is 12.8. The van der Waals surface area contributed by atoms with Crippen molar-refractivity contribution in [3.8, 4) is 5.75 Å². The minimum atomic E-state index is -0.462. The van der Waals surface area contributed by atoms with Gasteiger partial charge in [0.2, 0.25) is 5.91 Å². The van der Waals surface area contributed by atoms with Gasteiger partial charge in [-0.15, -0.1) is 0 Å². The average Bonchev–Trinajstić information content (AvgIpc) is 3.06. The SMILES string of the molecule is COC(=O)COc1ccc(NC(=O)/C=C/c2c(C)nn(Cc3ccccc3Cl)c2C)c(C)c1. The first-order chi connectivity index (χ1) is 15.8. The van der Waals surface area contributed by atoms with Crippen molar-refractivity contribution in [2.24, 2.45) is 0 Å². The molecule has 1 N–H and O–H groups in total. The minimum Gasteiger partial charge on any atom is -0.482 e. The summed E-state index contributed by atoms with van der Waals surface area (Å²) in [4.78, 5) is 23.7. The number of hydrogen-bond acceptors (Lipinski definition) is 5. The number of carbonyl (C=O) groups excluding carboxylic acids is 2. The molecule has 0 fully saturated rings. The number of hydrogen-bond donors (Lipinski definition) is 1. The monoisotopic (exact) mass is 467 g/mol. The number of halogens is 1. The highest BCUT2D eigenvalue weighted by molar-refractivity contribution is 6.31. The lowest BCUT2D eigenvalue weighted by molar-refractivity contribution is -0.142. The van der Waals surface area contributed by atoms with E-state index in [1.165, 1.54) is 13.2 Å². The van der Waals surface area contributed by atoms with Gasteiger partial charge in [-0.3, -0.25) is 9.48 Å². The number of nitrogens with zero attached hydrogens (tertiary/aromatic N) is 2. The summed E-state index contributed by atoms with van der Waals surface area (Å²) >= 11 is 6.28. The van der Waals surface area contributed by atoms with Crippen LogP contribution in [0.15, 0.2) is 48.5 Å². The van der Waals surface area contributed by atoms with Gasteiger partial charge in [-0.05, 0) is 62.2 Å². The van der Waals surface area contributed by atoms with E-state index in [4.69, 9.17) is 16.3 Å². The van der Waals surface area contributed by atoms with Crippen molar-refractivity contribution in [1.82, 2.24) is 9.78 Å². The lowest BCUT2D eigenvalue weighted by atomic mass is 10.1. The summed E-state index contributed by atoms with van der Waals surface area (Å²) in [6.07, 6.45) is 3.25. The molecule has 3 aromatic rings. The summed E-state index contributed by atoms with van der Waals surface area (Å²) in [5.74, 6) is -0.210. The van der Waals surface area contributed by atoms with Crippen LogP contribution in [0.25, 0.3) is 6.08 Å². The Morgan fingerprint density at radius 2 is 1.91 bits per heavy atom. The van der Waals surface area contributed by atoms with E-state index in [0.29, 0.717) is 23.0 Å². The van der Waals surface area contributed by atoms with Gasteiger partial charge in [-0.25, -0.2) is 4.79 Å². The number of ether oxygens (including phenoxy) is 2. The fourth-order valence-electron chi connectivity index (χ4n) is 3.29. The molecule has 0 aliphatic heterocycles. The number of aryl methyl sites for hydroxylation is 2. The Labute approximate surface area is 198 Å². The fraction of sp³-hybridized carbons (Fsp3) is 0.240. The lowest BCUT2D eigenvalue weighted by Gasteiger charge is -2.10. The van der Waals surface area contributed by atoms with Crippen molar-refractivity contribution in [2.75, 3.05) is 19.0 Å². The van der Waals surface area contributed by atoms with Crippen LogP contribution in [-0.4, -0.2) is 35.4 Å². The number of methoxy groups -OCH3 is 1. The molecule has 0 atom stereocenters. The van der Waals surface area contributed by atoms with Crippen LogP contribution in [-0.2, 0) is 20.9 Å². The number of aromatic nitrogens is 2. The molecule has 0 saturated carbocycles. The van der Waals surface area contributed by atoms with Crippen molar-refractivity contribution >= 4 is 35.2 Å². The first kappa shape index (κ1) is 24.1. The molecule has 0 spiro atoms. The molecule has 1 amide bonds. The highest BCUT2D eigenvalue weighted by Gasteiger charge is 2.12. The maximum absolute atomic E-state index is 12.5. The number of rotatable bonds is 8. The number of benzene rings is 2. The third kappa shape index (κ3) is 6.23. The van der Waals surface area contributed by atoms with Gasteiger partial charge < -0.3 is 14.8 Å². The fourth-order valence-corrected chi connectivity index (χ4v) is 3.49. The summed E-state index contributed by atoms with van der Waals surface area (Å²) in [6.45, 7) is 6.09. The van der Waals surface area contributed by atoms with Crippen molar-refractivity contribution in [3.63, 3.8) is 0 Å². The standard InChI is InChI=1S/C25H26ClN3O4/c1-16-13-20(33-15-25(31)32-4)9-11-23(16)27-24(30)12-10-21-17(2)28-29(18(21)3)14-19-7-5-6-8-22(19)26/h5-13H,14-15H2,1-4H3,(H,27,30)/b12-10+. The van der Waals surface area contributed by atoms with Gasteiger partial charge in [0, 0.05) is 28.0 Å². The molecule has 1 heterocycles. The second kappa shape index (κ2) is 10.8. The Bertz CT molecular complexity index is 1200. The number of nitrogens with one attached hydrogen (secondary N) is 1. The maximum Gasteiger partial charge on any atom is 0.343 e. The van der Waals surface area contributed by atoms with Gasteiger partial charge in [-0.1, -0.05) is 29.8 Å². The first-order valence-corrected chi connectivity index (χ1v) is 10.7. The quantitative estimate of drug-likeness (QED) is 0.383. The molecule has 8 heteroatoms. The number of carbonyl (C=O) groups is 2. The van der Waals surface area contributed by atoms with E-state index in [-0.39, 0.29) is 12.5 Å². The largest absolute Gasteiger partial charge is 0.482 e. The molecular weight excluding hydrogens is 442 g/mol.